The molecule has 40 heavy (non-hydrogen) atoms. The summed E-state index contributed by atoms with van der Waals surface area (Å²) in [5.41, 5.74) is 3.67. The van der Waals surface area contributed by atoms with Crippen LogP contribution in [0.3, 0.4) is 0 Å². The van der Waals surface area contributed by atoms with Gasteiger partial charge in [-0.3, -0.25) is 14.5 Å². The number of benzene rings is 2. The zero-order valence-corrected chi connectivity index (χ0v) is 22.4. The number of nitrogens with one attached hydrogen (secondary N) is 1. The molecule has 2 aliphatic rings. The molecule has 6 rings (SSSR count). The van der Waals surface area contributed by atoms with Crippen molar-refractivity contribution >= 4 is 28.3 Å². The minimum Gasteiger partial charge on any atom is -0.508 e. The topological polar surface area (TPSA) is 132 Å². The van der Waals surface area contributed by atoms with Gasteiger partial charge in [-0.2, -0.15) is 10.4 Å². The minimum atomic E-state index is -0.889. The molecule has 0 unspecified atom stereocenters. The van der Waals surface area contributed by atoms with E-state index in [1.54, 1.807) is 37.7 Å². The van der Waals surface area contributed by atoms with Gasteiger partial charge in [0.15, 0.2) is 5.41 Å². The van der Waals surface area contributed by atoms with E-state index in [9.17, 15) is 15.2 Å². The molecule has 4 aromatic rings. The maximum absolute atomic E-state index is 13.0. The Kier molecular flexibility index (Phi) is 6.48. The zero-order chi connectivity index (χ0) is 27.9. The van der Waals surface area contributed by atoms with E-state index in [2.05, 4.69) is 21.5 Å². The molecule has 1 amide bonds. The lowest BCUT2D eigenvalue weighted by Crippen LogP contribution is -2.62. The van der Waals surface area contributed by atoms with Crippen molar-refractivity contribution in [3.8, 4) is 28.8 Å². The van der Waals surface area contributed by atoms with Gasteiger partial charge in [-0.15, -0.1) is 0 Å². The molecular formula is C29H30N8O3. The van der Waals surface area contributed by atoms with Gasteiger partial charge < -0.3 is 25.0 Å². The van der Waals surface area contributed by atoms with Crippen LogP contribution in [-0.4, -0.2) is 80.9 Å². The molecule has 0 spiro atoms. The highest BCUT2D eigenvalue weighted by molar-refractivity contribution is 5.87. The first-order chi connectivity index (χ1) is 19.4. The second-order valence-electron chi connectivity index (χ2n) is 10.6. The normalized spacial score (nSPS) is 17.3. The molecule has 4 heterocycles. The molecule has 2 fully saturated rings. The number of carbonyl (C=O) groups excluding carboxylic acids is 1. The first-order valence-corrected chi connectivity index (χ1v) is 13.2. The number of nitrogens with zero attached hydrogens (tertiary/aromatic N) is 7. The lowest BCUT2D eigenvalue weighted by molar-refractivity contribution is -0.147. The zero-order valence-electron chi connectivity index (χ0n) is 22.4. The maximum atomic E-state index is 13.0. The largest absolute Gasteiger partial charge is 0.508 e. The Morgan fingerprint density at radius 2 is 1.93 bits per heavy atom. The van der Waals surface area contributed by atoms with E-state index in [4.69, 9.17) is 9.72 Å². The van der Waals surface area contributed by atoms with Gasteiger partial charge in [0.1, 0.15) is 11.5 Å². The van der Waals surface area contributed by atoms with Crippen LogP contribution in [0, 0.1) is 16.7 Å². The van der Waals surface area contributed by atoms with Crippen LogP contribution in [0.25, 0.3) is 22.3 Å². The van der Waals surface area contributed by atoms with Gasteiger partial charge >= 0.3 is 0 Å². The molecule has 2 aliphatic heterocycles. The maximum Gasteiger partial charge on any atom is 0.245 e. The number of fused-ring (bicyclic) bond motifs is 1. The smallest absolute Gasteiger partial charge is 0.245 e. The predicted octanol–water partition coefficient (Wildman–Crippen LogP) is 3.57. The van der Waals surface area contributed by atoms with Crippen LogP contribution in [0.1, 0.15) is 18.9 Å². The van der Waals surface area contributed by atoms with Crippen molar-refractivity contribution < 1.29 is 14.6 Å². The summed E-state index contributed by atoms with van der Waals surface area (Å²) in [5.74, 6) is 0.615. The third kappa shape index (κ3) is 4.78. The van der Waals surface area contributed by atoms with E-state index >= 15 is 0 Å². The van der Waals surface area contributed by atoms with Crippen molar-refractivity contribution in [2.75, 3.05) is 45.7 Å². The van der Waals surface area contributed by atoms with Crippen molar-refractivity contribution in [2.24, 2.45) is 5.41 Å². The molecule has 0 atom stereocenters. The summed E-state index contributed by atoms with van der Waals surface area (Å²) in [7, 11) is 3.48. The summed E-state index contributed by atoms with van der Waals surface area (Å²) in [6.45, 7) is 2.23. The van der Waals surface area contributed by atoms with E-state index in [0.717, 1.165) is 35.1 Å². The standard InChI is InChI=1S/C29H30N8O3/c1-35-17-29(16-30,18-35)28(39)36-7-5-22(6-8-36)37-15-19(13-32-37)27-14-31-25-4-3-20(11-26(25)34-27)33-21-9-23(38)12-24(10-21)40-2/h3-4,9-15,22,33,38H,5-8,17-18H2,1-2H3. The minimum absolute atomic E-state index is 0.0452. The Bertz CT molecular complexity index is 1610. The van der Waals surface area contributed by atoms with Crippen molar-refractivity contribution in [1.82, 2.24) is 29.5 Å². The average molecular weight is 539 g/mol. The second kappa shape index (κ2) is 10.1. The summed E-state index contributed by atoms with van der Waals surface area (Å²) < 4.78 is 7.19. The Morgan fingerprint density at radius 1 is 1.12 bits per heavy atom. The Hall–Kier alpha value is -4.69. The number of piperidine rings is 1. The second-order valence-corrected chi connectivity index (χ2v) is 10.6. The molecular weight excluding hydrogens is 508 g/mol. The van der Waals surface area contributed by atoms with Crippen LogP contribution < -0.4 is 10.1 Å². The van der Waals surface area contributed by atoms with E-state index in [-0.39, 0.29) is 17.7 Å². The number of methoxy groups -OCH3 is 1. The summed E-state index contributed by atoms with van der Waals surface area (Å²) in [4.78, 5) is 26.3. The van der Waals surface area contributed by atoms with Gasteiger partial charge in [0.2, 0.25) is 5.91 Å². The number of carbonyl (C=O) groups is 1. The molecule has 0 radical (unpaired) electrons. The molecule has 0 saturated carbocycles. The highest BCUT2D eigenvalue weighted by Gasteiger charge is 2.50. The van der Waals surface area contributed by atoms with E-state index < -0.39 is 5.41 Å². The van der Waals surface area contributed by atoms with Gasteiger partial charge in [0.05, 0.1) is 48.3 Å². The highest BCUT2D eigenvalue weighted by Crippen LogP contribution is 2.34. The quantitative estimate of drug-likeness (QED) is 0.378. The van der Waals surface area contributed by atoms with E-state index in [0.29, 0.717) is 43.3 Å². The highest BCUT2D eigenvalue weighted by atomic mass is 16.5. The molecule has 2 aromatic carbocycles. The number of phenols is 1. The fourth-order valence-corrected chi connectivity index (χ4v) is 5.60. The Morgan fingerprint density at radius 3 is 2.65 bits per heavy atom. The number of anilines is 2. The number of likely N-dealkylation sites (tertiary alicyclic amines) is 2. The van der Waals surface area contributed by atoms with Crippen LogP contribution in [0.4, 0.5) is 11.4 Å². The Balaban J connectivity index is 1.15. The molecule has 11 heteroatoms. The number of hydrogen-bond acceptors (Lipinski definition) is 9. The molecule has 0 aliphatic carbocycles. The van der Waals surface area contributed by atoms with Crippen molar-refractivity contribution in [1.29, 1.82) is 5.26 Å². The molecule has 2 saturated heterocycles. The number of ether oxygens (including phenoxy) is 1. The third-order valence-corrected chi connectivity index (χ3v) is 7.68. The first kappa shape index (κ1) is 25.6. The van der Waals surface area contributed by atoms with Gasteiger partial charge in [-0.1, -0.05) is 0 Å². The fourth-order valence-electron chi connectivity index (χ4n) is 5.60. The lowest BCUT2D eigenvalue weighted by atomic mass is 9.80. The molecule has 204 valence electrons. The van der Waals surface area contributed by atoms with Gasteiger partial charge in [-0.25, -0.2) is 4.98 Å². The lowest BCUT2D eigenvalue weighted by Gasteiger charge is -2.45. The molecule has 11 nitrogen and oxygen atoms in total. The van der Waals surface area contributed by atoms with Crippen molar-refractivity contribution in [3.63, 3.8) is 0 Å². The number of rotatable bonds is 6. The number of phenolic OH excluding ortho intramolecular Hbond substituents is 1. The van der Waals surface area contributed by atoms with Gasteiger partial charge in [0, 0.05) is 67.5 Å². The first-order valence-electron chi connectivity index (χ1n) is 13.2. The van der Waals surface area contributed by atoms with Crippen LogP contribution in [0.5, 0.6) is 11.5 Å². The molecule has 2 N–H and O–H groups in total. The van der Waals surface area contributed by atoms with E-state index in [1.165, 1.54) is 0 Å². The van der Waals surface area contributed by atoms with Crippen molar-refractivity contribution in [3.05, 3.63) is 55.0 Å². The molecule has 2 aromatic heterocycles. The number of aromatic hydroxyl groups is 1. The van der Waals surface area contributed by atoms with Crippen LogP contribution >= 0.6 is 0 Å². The predicted molar refractivity (Wildman–Crippen MR) is 149 cm³/mol. The third-order valence-electron chi connectivity index (χ3n) is 7.68. The monoisotopic (exact) mass is 538 g/mol. The average Bonchev–Trinajstić information content (AvgIpc) is 3.45. The van der Waals surface area contributed by atoms with Gasteiger partial charge in [-0.05, 0) is 38.1 Å². The van der Waals surface area contributed by atoms with Gasteiger partial charge in [0.25, 0.3) is 0 Å². The number of amides is 1. The van der Waals surface area contributed by atoms with Crippen LogP contribution in [0.15, 0.2) is 55.0 Å². The summed E-state index contributed by atoms with van der Waals surface area (Å²) in [6.07, 6.45) is 7.08. The fraction of sp³-hybridized carbons (Fsp3) is 0.345. The number of hydrogen-bond donors (Lipinski definition) is 2. The summed E-state index contributed by atoms with van der Waals surface area (Å²) in [5, 5.41) is 27.4. The van der Waals surface area contributed by atoms with Crippen LogP contribution in [0.2, 0.25) is 0 Å². The van der Waals surface area contributed by atoms with Crippen LogP contribution in [-0.2, 0) is 4.79 Å². The Labute approximate surface area is 231 Å². The number of nitriles is 1. The van der Waals surface area contributed by atoms with E-state index in [1.807, 2.05) is 45.9 Å². The summed E-state index contributed by atoms with van der Waals surface area (Å²) in [6, 6.07) is 13.1. The SMILES string of the molecule is COc1cc(O)cc(Nc2ccc3ncc(-c4cnn(C5CCN(C(=O)C6(C#N)CN(C)C6)CC5)c4)nc3c2)c1. The number of aromatic nitrogens is 4. The molecule has 0 bridgehead atoms. The van der Waals surface area contributed by atoms with Crippen molar-refractivity contribution in [2.45, 2.75) is 18.9 Å². The summed E-state index contributed by atoms with van der Waals surface area (Å²) >= 11 is 0.